The Balaban J connectivity index is 1.80. The summed E-state index contributed by atoms with van der Waals surface area (Å²) in [5.74, 6) is 0.858. The molecule has 8 heteroatoms. The second kappa shape index (κ2) is 6.13. The highest BCUT2D eigenvalue weighted by Gasteiger charge is 2.12. The standard InChI is InChI=1S/C15H13ClN6O/c1-8-6-18-13(7-17-8)15(23)20-10-3-4-11(12(16)5-10)14-19-9(2)21-22-14/h3-7H,1-2H3,(H,20,23)(H,19,21,22). The van der Waals surface area contributed by atoms with E-state index in [-0.39, 0.29) is 11.6 Å². The lowest BCUT2D eigenvalue weighted by atomic mass is 10.2. The molecule has 2 aromatic heterocycles. The van der Waals surface area contributed by atoms with Gasteiger partial charge in [0.15, 0.2) is 5.82 Å². The Bertz CT molecular complexity index is 859. The highest BCUT2D eigenvalue weighted by Crippen LogP contribution is 2.28. The molecule has 0 saturated carbocycles. The molecule has 0 bridgehead atoms. The lowest BCUT2D eigenvalue weighted by Gasteiger charge is -2.07. The first-order valence-electron chi connectivity index (χ1n) is 6.82. The summed E-state index contributed by atoms with van der Waals surface area (Å²) in [6.07, 6.45) is 2.97. The van der Waals surface area contributed by atoms with Gasteiger partial charge in [-0.15, -0.1) is 0 Å². The van der Waals surface area contributed by atoms with E-state index in [0.717, 1.165) is 5.69 Å². The average molecular weight is 329 g/mol. The molecule has 0 aliphatic carbocycles. The zero-order valence-electron chi connectivity index (χ0n) is 12.5. The molecule has 23 heavy (non-hydrogen) atoms. The van der Waals surface area contributed by atoms with Crippen molar-refractivity contribution in [2.24, 2.45) is 0 Å². The van der Waals surface area contributed by atoms with Crippen LogP contribution in [0.1, 0.15) is 22.0 Å². The molecule has 0 aliphatic rings. The fraction of sp³-hybridized carbons (Fsp3) is 0.133. The van der Waals surface area contributed by atoms with Gasteiger partial charge in [0.1, 0.15) is 11.5 Å². The van der Waals surface area contributed by atoms with Crippen LogP contribution in [-0.4, -0.2) is 31.1 Å². The van der Waals surface area contributed by atoms with Gasteiger partial charge >= 0.3 is 0 Å². The van der Waals surface area contributed by atoms with E-state index in [2.05, 4.69) is 30.5 Å². The number of nitrogens with one attached hydrogen (secondary N) is 2. The smallest absolute Gasteiger partial charge is 0.275 e. The SMILES string of the molecule is Cc1cnc(C(=O)Nc2ccc(-c3n[nH]c(C)n3)c(Cl)c2)cn1. The van der Waals surface area contributed by atoms with E-state index in [4.69, 9.17) is 11.6 Å². The van der Waals surface area contributed by atoms with Crippen LogP contribution in [0.25, 0.3) is 11.4 Å². The number of hydrogen-bond acceptors (Lipinski definition) is 5. The van der Waals surface area contributed by atoms with E-state index in [0.29, 0.717) is 27.9 Å². The maximum absolute atomic E-state index is 12.1. The maximum atomic E-state index is 12.1. The predicted octanol–water partition coefficient (Wildman–Crippen LogP) is 2.78. The summed E-state index contributed by atoms with van der Waals surface area (Å²) in [4.78, 5) is 24.4. The number of nitrogens with zero attached hydrogens (tertiary/aromatic N) is 4. The third kappa shape index (κ3) is 3.35. The van der Waals surface area contributed by atoms with Gasteiger partial charge in [0.05, 0.1) is 16.9 Å². The Morgan fingerprint density at radius 1 is 1.22 bits per heavy atom. The summed E-state index contributed by atoms with van der Waals surface area (Å²) in [5.41, 5.74) is 2.22. The lowest BCUT2D eigenvalue weighted by molar-refractivity contribution is 0.102. The van der Waals surface area contributed by atoms with Crippen LogP contribution in [0.2, 0.25) is 5.02 Å². The minimum Gasteiger partial charge on any atom is -0.321 e. The lowest BCUT2D eigenvalue weighted by Crippen LogP contribution is -2.14. The van der Waals surface area contributed by atoms with Crippen molar-refractivity contribution in [3.8, 4) is 11.4 Å². The van der Waals surface area contributed by atoms with Gasteiger partial charge in [-0.3, -0.25) is 14.9 Å². The Morgan fingerprint density at radius 2 is 2.04 bits per heavy atom. The molecule has 1 aromatic carbocycles. The van der Waals surface area contributed by atoms with E-state index in [1.807, 2.05) is 6.92 Å². The number of amides is 1. The zero-order chi connectivity index (χ0) is 16.4. The molecule has 0 spiro atoms. The monoisotopic (exact) mass is 328 g/mol. The van der Waals surface area contributed by atoms with Crippen molar-refractivity contribution in [2.45, 2.75) is 13.8 Å². The van der Waals surface area contributed by atoms with Crippen LogP contribution in [0.15, 0.2) is 30.6 Å². The summed E-state index contributed by atoms with van der Waals surface area (Å²) in [5, 5.41) is 10.00. The highest BCUT2D eigenvalue weighted by atomic mass is 35.5. The van der Waals surface area contributed by atoms with Crippen LogP contribution in [0.4, 0.5) is 5.69 Å². The molecule has 1 amide bonds. The van der Waals surface area contributed by atoms with Crippen LogP contribution in [0.5, 0.6) is 0 Å². The van der Waals surface area contributed by atoms with Crippen molar-refractivity contribution in [3.63, 3.8) is 0 Å². The quantitative estimate of drug-likeness (QED) is 0.770. The molecular formula is C15H13ClN6O. The fourth-order valence-electron chi connectivity index (χ4n) is 1.94. The number of aromatic amines is 1. The van der Waals surface area contributed by atoms with Crippen LogP contribution < -0.4 is 5.32 Å². The number of hydrogen-bond donors (Lipinski definition) is 2. The minimum atomic E-state index is -0.352. The molecule has 0 atom stereocenters. The van der Waals surface area contributed by atoms with Crippen molar-refractivity contribution in [1.82, 2.24) is 25.1 Å². The summed E-state index contributed by atoms with van der Waals surface area (Å²) in [7, 11) is 0. The number of aromatic nitrogens is 5. The van der Waals surface area contributed by atoms with Gasteiger partial charge in [-0.2, -0.15) is 5.10 Å². The highest BCUT2D eigenvalue weighted by molar-refractivity contribution is 6.33. The first-order valence-corrected chi connectivity index (χ1v) is 7.19. The normalized spacial score (nSPS) is 10.6. The average Bonchev–Trinajstić information content (AvgIpc) is 2.94. The Kier molecular flexibility index (Phi) is 4.03. The van der Waals surface area contributed by atoms with Gasteiger partial charge in [-0.05, 0) is 32.0 Å². The molecule has 0 aliphatic heterocycles. The molecule has 0 radical (unpaired) electrons. The molecule has 2 heterocycles. The number of carbonyl (C=O) groups is 1. The van der Waals surface area contributed by atoms with E-state index in [1.165, 1.54) is 12.4 Å². The largest absolute Gasteiger partial charge is 0.321 e. The number of rotatable bonds is 3. The number of H-pyrrole nitrogens is 1. The van der Waals surface area contributed by atoms with E-state index < -0.39 is 0 Å². The maximum Gasteiger partial charge on any atom is 0.275 e. The molecule has 3 aromatic rings. The van der Waals surface area contributed by atoms with Crippen molar-refractivity contribution in [1.29, 1.82) is 0 Å². The Morgan fingerprint density at radius 3 is 2.65 bits per heavy atom. The summed E-state index contributed by atoms with van der Waals surface area (Å²) >= 11 is 6.25. The summed E-state index contributed by atoms with van der Waals surface area (Å²) in [6.45, 7) is 3.61. The molecule has 3 rings (SSSR count). The van der Waals surface area contributed by atoms with Gasteiger partial charge in [0, 0.05) is 17.4 Å². The Labute approximate surface area is 137 Å². The summed E-state index contributed by atoms with van der Waals surface area (Å²) in [6, 6.07) is 5.12. The third-order valence-corrected chi connectivity index (χ3v) is 3.39. The third-order valence-electron chi connectivity index (χ3n) is 3.08. The molecule has 7 nitrogen and oxygen atoms in total. The van der Waals surface area contributed by atoms with Crippen LogP contribution >= 0.6 is 11.6 Å². The minimum absolute atomic E-state index is 0.236. The number of benzene rings is 1. The molecule has 2 N–H and O–H groups in total. The first kappa shape index (κ1) is 15.1. The number of halogens is 1. The molecule has 0 fully saturated rings. The molecule has 0 saturated heterocycles. The topological polar surface area (TPSA) is 96.5 Å². The second-order valence-corrected chi connectivity index (χ2v) is 5.34. The fourth-order valence-corrected chi connectivity index (χ4v) is 2.21. The van der Waals surface area contributed by atoms with Crippen LogP contribution in [0.3, 0.4) is 0 Å². The van der Waals surface area contributed by atoms with Crippen LogP contribution in [0, 0.1) is 13.8 Å². The van der Waals surface area contributed by atoms with E-state index in [9.17, 15) is 4.79 Å². The first-order chi connectivity index (χ1) is 11.0. The number of aryl methyl sites for hydroxylation is 2. The van der Waals surface area contributed by atoms with Crippen molar-refractivity contribution in [3.05, 3.63) is 52.8 Å². The number of anilines is 1. The van der Waals surface area contributed by atoms with Crippen molar-refractivity contribution in [2.75, 3.05) is 5.32 Å². The zero-order valence-corrected chi connectivity index (χ0v) is 13.2. The van der Waals surface area contributed by atoms with Gasteiger partial charge in [-0.1, -0.05) is 11.6 Å². The molecule has 116 valence electrons. The van der Waals surface area contributed by atoms with E-state index in [1.54, 1.807) is 25.1 Å². The number of carbonyl (C=O) groups excluding carboxylic acids is 1. The van der Waals surface area contributed by atoms with Gasteiger partial charge in [0.2, 0.25) is 0 Å². The second-order valence-electron chi connectivity index (χ2n) is 4.94. The Hall–Kier alpha value is -2.80. The molecule has 0 unspecified atom stereocenters. The van der Waals surface area contributed by atoms with Crippen molar-refractivity contribution >= 4 is 23.2 Å². The van der Waals surface area contributed by atoms with Gasteiger partial charge < -0.3 is 5.32 Å². The predicted molar refractivity (Wildman–Crippen MR) is 86.3 cm³/mol. The van der Waals surface area contributed by atoms with E-state index >= 15 is 0 Å². The van der Waals surface area contributed by atoms with Crippen LogP contribution in [-0.2, 0) is 0 Å². The summed E-state index contributed by atoms with van der Waals surface area (Å²) < 4.78 is 0. The molecular weight excluding hydrogens is 316 g/mol. The van der Waals surface area contributed by atoms with Gasteiger partial charge in [0.25, 0.3) is 5.91 Å². The van der Waals surface area contributed by atoms with Gasteiger partial charge in [-0.25, -0.2) is 9.97 Å². The van der Waals surface area contributed by atoms with Crippen molar-refractivity contribution < 1.29 is 4.79 Å².